The third-order valence-corrected chi connectivity index (χ3v) is 1.95. The minimum Gasteiger partial charge on any atom is -0.356 e. The third-order valence-electron chi connectivity index (χ3n) is 1.73. The number of nitrogens with two attached hydrogens (primary N) is 1. The van der Waals surface area contributed by atoms with Crippen LogP contribution in [-0.2, 0) is 4.74 Å². The van der Waals surface area contributed by atoms with Crippen molar-refractivity contribution in [1.82, 2.24) is 10.7 Å². The van der Waals surface area contributed by atoms with Gasteiger partial charge >= 0.3 is 0 Å². The third kappa shape index (κ3) is 2.28. The molecule has 0 unspecified atom stereocenters. The Bertz CT molecular complexity index is 156. The van der Waals surface area contributed by atoms with Crippen LogP contribution in [0.3, 0.4) is 0 Å². The highest BCUT2D eigenvalue weighted by molar-refractivity contribution is 7.80. The minimum atomic E-state index is -0.316. The number of hydrogen-bond acceptors (Lipinski definition) is 3. The second-order valence-corrected chi connectivity index (χ2v) is 3.19. The normalized spacial score (nSPS) is 30.0. The maximum Gasteiger partial charge on any atom is 0.182 e. The van der Waals surface area contributed by atoms with Crippen LogP contribution in [0, 0.1) is 0 Å². The summed E-state index contributed by atoms with van der Waals surface area (Å²) in [5.41, 5.74) is 2.04. The molecular weight excluding hydrogens is 162 g/mol. The van der Waals surface area contributed by atoms with Crippen LogP contribution in [0.5, 0.6) is 0 Å². The topological polar surface area (TPSA) is 59.3 Å². The first-order valence-corrected chi connectivity index (χ1v) is 4.00. The van der Waals surface area contributed by atoms with E-state index in [1.54, 1.807) is 0 Å². The molecule has 0 radical (unpaired) electrons. The molecule has 0 saturated carbocycles. The van der Waals surface area contributed by atoms with Gasteiger partial charge in [0.1, 0.15) is 5.72 Å². The molecule has 1 saturated heterocycles. The standard InChI is InChI=1S/C6H13N3OS/c1-6(3-2-4-10-6)8-5(11)9-7/h2-4,7H2,1H3,(H2,8,9,11)/t6-/m1/s1. The van der Waals surface area contributed by atoms with Gasteiger partial charge in [0.2, 0.25) is 0 Å². The first-order chi connectivity index (χ1) is 5.16. The van der Waals surface area contributed by atoms with Crippen LogP contribution in [-0.4, -0.2) is 17.4 Å². The molecule has 0 aromatic carbocycles. The van der Waals surface area contributed by atoms with E-state index in [1.165, 1.54) is 0 Å². The molecular formula is C6H13N3OS. The van der Waals surface area contributed by atoms with Crippen molar-refractivity contribution in [1.29, 1.82) is 0 Å². The molecule has 0 aliphatic carbocycles. The molecule has 1 fully saturated rings. The lowest BCUT2D eigenvalue weighted by atomic mass is 10.2. The maximum absolute atomic E-state index is 5.42. The van der Waals surface area contributed by atoms with Gasteiger partial charge in [0.25, 0.3) is 0 Å². The smallest absolute Gasteiger partial charge is 0.182 e. The average molecular weight is 175 g/mol. The summed E-state index contributed by atoms with van der Waals surface area (Å²) < 4.78 is 5.42. The molecule has 0 aromatic rings. The predicted octanol–water partition coefficient (Wildman–Crippen LogP) is -0.149. The summed E-state index contributed by atoms with van der Waals surface area (Å²) in [7, 11) is 0. The van der Waals surface area contributed by atoms with Gasteiger partial charge in [-0.3, -0.25) is 0 Å². The van der Waals surface area contributed by atoms with Gasteiger partial charge < -0.3 is 15.5 Å². The molecule has 4 N–H and O–H groups in total. The van der Waals surface area contributed by atoms with Gasteiger partial charge in [0, 0.05) is 6.61 Å². The van der Waals surface area contributed by atoms with Gasteiger partial charge in [0.15, 0.2) is 5.11 Å². The summed E-state index contributed by atoms with van der Waals surface area (Å²) in [4.78, 5) is 0. The highest BCUT2D eigenvalue weighted by Gasteiger charge is 2.29. The second kappa shape index (κ2) is 3.34. The lowest BCUT2D eigenvalue weighted by Gasteiger charge is -2.25. The summed E-state index contributed by atoms with van der Waals surface area (Å²) >= 11 is 4.84. The van der Waals surface area contributed by atoms with Crippen LogP contribution in [0.25, 0.3) is 0 Å². The lowest BCUT2D eigenvalue weighted by molar-refractivity contribution is 0.00757. The van der Waals surface area contributed by atoms with E-state index in [9.17, 15) is 0 Å². The Hall–Kier alpha value is -0.390. The van der Waals surface area contributed by atoms with Gasteiger partial charge in [0.05, 0.1) is 0 Å². The van der Waals surface area contributed by atoms with Crippen molar-refractivity contribution >= 4 is 17.3 Å². The zero-order valence-electron chi connectivity index (χ0n) is 6.52. The summed E-state index contributed by atoms with van der Waals surface area (Å²) in [6.07, 6.45) is 2.03. The highest BCUT2D eigenvalue weighted by Crippen LogP contribution is 2.21. The van der Waals surface area contributed by atoms with E-state index < -0.39 is 0 Å². The molecule has 4 nitrogen and oxygen atoms in total. The first kappa shape index (κ1) is 8.70. The van der Waals surface area contributed by atoms with E-state index in [0.717, 1.165) is 19.4 Å². The maximum atomic E-state index is 5.42. The fraction of sp³-hybridized carbons (Fsp3) is 0.833. The Morgan fingerprint density at radius 3 is 2.91 bits per heavy atom. The minimum absolute atomic E-state index is 0.316. The monoisotopic (exact) mass is 175 g/mol. The van der Waals surface area contributed by atoms with E-state index in [4.69, 9.17) is 22.8 Å². The van der Waals surface area contributed by atoms with Gasteiger partial charge in [-0.1, -0.05) is 0 Å². The molecule has 5 heteroatoms. The van der Waals surface area contributed by atoms with Gasteiger partial charge in [-0.25, -0.2) is 5.84 Å². The van der Waals surface area contributed by atoms with E-state index in [0.29, 0.717) is 5.11 Å². The summed E-state index contributed by atoms with van der Waals surface area (Å²) in [6, 6.07) is 0. The largest absolute Gasteiger partial charge is 0.356 e. The molecule has 1 aliphatic heterocycles. The van der Waals surface area contributed by atoms with E-state index in [1.807, 2.05) is 6.92 Å². The van der Waals surface area contributed by atoms with E-state index >= 15 is 0 Å². The molecule has 0 spiro atoms. The molecule has 1 aliphatic rings. The van der Waals surface area contributed by atoms with Crippen LogP contribution in [0.15, 0.2) is 0 Å². The first-order valence-electron chi connectivity index (χ1n) is 3.59. The van der Waals surface area contributed by atoms with Crippen molar-refractivity contribution < 1.29 is 4.74 Å². The zero-order valence-corrected chi connectivity index (χ0v) is 7.33. The van der Waals surface area contributed by atoms with Crippen LogP contribution in [0.4, 0.5) is 0 Å². The number of hydrazine groups is 1. The molecule has 1 rings (SSSR count). The lowest BCUT2D eigenvalue weighted by Crippen LogP contribution is -2.51. The summed E-state index contributed by atoms with van der Waals surface area (Å²) in [5, 5.41) is 3.40. The Balaban J connectivity index is 2.39. The van der Waals surface area contributed by atoms with Crippen molar-refractivity contribution in [3.05, 3.63) is 0 Å². The number of ether oxygens (including phenoxy) is 1. The zero-order chi connectivity index (χ0) is 8.32. The van der Waals surface area contributed by atoms with Gasteiger partial charge in [-0.05, 0) is 32.0 Å². The van der Waals surface area contributed by atoms with Gasteiger partial charge in [-0.2, -0.15) is 0 Å². The van der Waals surface area contributed by atoms with E-state index in [2.05, 4.69) is 10.7 Å². The number of thiocarbonyl (C=S) groups is 1. The van der Waals surface area contributed by atoms with Crippen LogP contribution < -0.4 is 16.6 Å². The van der Waals surface area contributed by atoms with Crippen molar-refractivity contribution in [3.8, 4) is 0 Å². The molecule has 1 atom stereocenters. The van der Waals surface area contributed by atoms with Gasteiger partial charge in [-0.15, -0.1) is 0 Å². The molecule has 0 bridgehead atoms. The summed E-state index contributed by atoms with van der Waals surface area (Å²) in [5.74, 6) is 5.10. The second-order valence-electron chi connectivity index (χ2n) is 2.78. The average Bonchev–Trinajstić information content (AvgIpc) is 2.36. The predicted molar refractivity (Wildman–Crippen MR) is 46.6 cm³/mol. The number of hydrogen-bond donors (Lipinski definition) is 3. The van der Waals surface area contributed by atoms with Crippen molar-refractivity contribution in [2.24, 2.45) is 5.84 Å². The molecule has 1 heterocycles. The number of nitrogens with one attached hydrogen (secondary N) is 2. The van der Waals surface area contributed by atoms with Crippen LogP contribution in [0.2, 0.25) is 0 Å². The SMILES string of the molecule is C[C@]1(NC(=S)NN)CCCO1. The van der Waals surface area contributed by atoms with Crippen molar-refractivity contribution in [3.63, 3.8) is 0 Å². The van der Waals surface area contributed by atoms with Crippen LogP contribution in [0.1, 0.15) is 19.8 Å². The molecule has 0 amide bonds. The highest BCUT2D eigenvalue weighted by atomic mass is 32.1. The Morgan fingerprint density at radius 2 is 2.45 bits per heavy atom. The molecule has 64 valence electrons. The Labute approximate surface area is 71.4 Å². The fourth-order valence-electron chi connectivity index (χ4n) is 1.15. The fourth-order valence-corrected chi connectivity index (χ4v) is 1.37. The summed E-state index contributed by atoms with van der Waals surface area (Å²) in [6.45, 7) is 2.75. The molecule has 11 heavy (non-hydrogen) atoms. The quantitative estimate of drug-likeness (QED) is 0.294. The van der Waals surface area contributed by atoms with E-state index in [-0.39, 0.29) is 5.72 Å². The van der Waals surface area contributed by atoms with Crippen molar-refractivity contribution in [2.75, 3.05) is 6.61 Å². The molecule has 0 aromatic heterocycles. The van der Waals surface area contributed by atoms with Crippen LogP contribution >= 0.6 is 12.2 Å². The Morgan fingerprint density at radius 1 is 1.73 bits per heavy atom. The number of rotatable bonds is 1. The Kier molecular flexibility index (Phi) is 2.64. The van der Waals surface area contributed by atoms with Crippen molar-refractivity contribution in [2.45, 2.75) is 25.5 Å².